The first-order chi connectivity index (χ1) is 14.8. The molecule has 0 spiro atoms. The van der Waals surface area contributed by atoms with Gasteiger partial charge >= 0.3 is 17.8 Å². The number of carbonyl (C=O) groups is 2. The van der Waals surface area contributed by atoms with Crippen LogP contribution in [0.2, 0.25) is 10.0 Å². The number of rotatable bonds is 2. The maximum atomic E-state index is 13.0. The Balaban J connectivity index is 1.71. The van der Waals surface area contributed by atoms with E-state index in [1.165, 1.54) is 24.1 Å². The minimum atomic E-state index is -0.785. The van der Waals surface area contributed by atoms with E-state index in [0.29, 0.717) is 38.8 Å². The molecule has 31 heavy (non-hydrogen) atoms. The summed E-state index contributed by atoms with van der Waals surface area (Å²) in [5.41, 5.74) is 2.00. The summed E-state index contributed by atoms with van der Waals surface area (Å²) >= 11 is 12.6. The van der Waals surface area contributed by atoms with Crippen LogP contribution in [0.4, 0.5) is 10.5 Å². The molecule has 1 saturated heterocycles. The Morgan fingerprint density at radius 1 is 1.00 bits per heavy atom. The molecule has 3 aliphatic heterocycles. The van der Waals surface area contributed by atoms with Crippen molar-refractivity contribution in [2.24, 2.45) is 0 Å². The molecular weight excluding hydrogens is 441 g/mol. The molecule has 10 heteroatoms. The van der Waals surface area contributed by atoms with Crippen LogP contribution < -0.4 is 14.7 Å². The molecule has 0 radical (unpaired) electrons. The number of hydrogen-bond donors (Lipinski definition) is 0. The van der Waals surface area contributed by atoms with E-state index in [0.717, 1.165) is 4.90 Å². The van der Waals surface area contributed by atoms with Crippen molar-refractivity contribution in [3.05, 3.63) is 64.3 Å². The number of anilines is 1. The lowest BCUT2D eigenvalue weighted by atomic mass is 10.1. The number of carbonyl (C=O) groups excluding carboxylic acids is 2. The molecule has 1 atom stereocenters. The van der Waals surface area contributed by atoms with Crippen molar-refractivity contribution in [2.45, 2.75) is 6.04 Å². The molecule has 0 aliphatic carbocycles. The Morgan fingerprint density at radius 3 is 2.39 bits per heavy atom. The molecule has 1 fully saturated rings. The summed E-state index contributed by atoms with van der Waals surface area (Å²) in [6.07, 6.45) is 1.77. The molecule has 8 nitrogen and oxygen atoms in total. The van der Waals surface area contributed by atoms with Gasteiger partial charge in [0.15, 0.2) is 0 Å². The van der Waals surface area contributed by atoms with Crippen molar-refractivity contribution in [2.75, 3.05) is 19.0 Å². The Labute approximate surface area is 187 Å². The summed E-state index contributed by atoms with van der Waals surface area (Å²) in [6, 6.07) is 10.1. The van der Waals surface area contributed by atoms with E-state index < -0.39 is 12.1 Å². The summed E-state index contributed by atoms with van der Waals surface area (Å²) in [4.78, 5) is 31.3. The molecule has 2 aromatic carbocycles. The zero-order valence-corrected chi connectivity index (χ0v) is 17.9. The number of amidine groups is 1. The van der Waals surface area contributed by atoms with E-state index in [4.69, 9.17) is 23.2 Å². The molecule has 3 amide bonds. The molecule has 0 bridgehead atoms. The fraction of sp³-hybridized carbons (Fsp3) is 0.143. The number of urea groups is 1. The third-order valence-corrected chi connectivity index (χ3v) is 6.00. The number of guanidine groups is 1. The zero-order chi connectivity index (χ0) is 22.0. The molecule has 2 aromatic rings. The van der Waals surface area contributed by atoms with Crippen LogP contribution in [0.1, 0.15) is 5.56 Å². The minimum absolute atomic E-state index is 0.131. The van der Waals surface area contributed by atoms with Gasteiger partial charge in [-0.25, -0.2) is 24.2 Å². The van der Waals surface area contributed by atoms with Gasteiger partial charge in [-0.15, -0.1) is 5.75 Å². The third-order valence-electron chi connectivity index (χ3n) is 5.45. The minimum Gasteiger partial charge on any atom is -0.872 e. The van der Waals surface area contributed by atoms with Gasteiger partial charge in [-0.3, -0.25) is 9.69 Å². The maximum Gasteiger partial charge on any atom is 0.415 e. The van der Waals surface area contributed by atoms with Gasteiger partial charge in [-0.2, -0.15) is 0 Å². The molecule has 3 aliphatic rings. The maximum absolute atomic E-state index is 13.0. The smallest absolute Gasteiger partial charge is 0.415 e. The zero-order valence-electron chi connectivity index (χ0n) is 16.4. The quantitative estimate of drug-likeness (QED) is 0.645. The predicted octanol–water partition coefficient (Wildman–Crippen LogP) is 1.92. The second-order valence-corrected chi connectivity index (χ2v) is 8.13. The highest BCUT2D eigenvalue weighted by Crippen LogP contribution is 2.39. The first-order valence-corrected chi connectivity index (χ1v) is 10.1. The molecule has 3 heterocycles. The average Bonchev–Trinajstić information content (AvgIpc) is 3.28. The number of amides is 3. The van der Waals surface area contributed by atoms with Gasteiger partial charge in [0.1, 0.15) is 5.70 Å². The van der Waals surface area contributed by atoms with Crippen molar-refractivity contribution in [1.82, 2.24) is 19.4 Å². The van der Waals surface area contributed by atoms with Crippen molar-refractivity contribution in [3.8, 4) is 5.75 Å². The number of nitrogens with zero attached hydrogens (tertiary/aromatic N) is 5. The second kappa shape index (κ2) is 6.78. The lowest BCUT2D eigenvalue weighted by Gasteiger charge is -2.30. The third kappa shape index (κ3) is 2.80. The predicted molar refractivity (Wildman–Crippen MR) is 117 cm³/mol. The van der Waals surface area contributed by atoms with Gasteiger partial charge in [-0.1, -0.05) is 35.3 Å². The van der Waals surface area contributed by atoms with E-state index in [1.54, 1.807) is 53.4 Å². The van der Waals surface area contributed by atoms with Gasteiger partial charge < -0.3 is 5.11 Å². The molecule has 0 aromatic heterocycles. The van der Waals surface area contributed by atoms with Gasteiger partial charge in [0.2, 0.25) is 6.04 Å². The lowest BCUT2D eigenvalue weighted by molar-refractivity contribution is -0.268. The summed E-state index contributed by atoms with van der Waals surface area (Å²) in [5.74, 6) is 0.258. The van der Waals surface area contributed by atoms with Gasteiger partial charge in [0.05, 0.1) is 24.0 Å². The number of halogens is 2. The summed E-state index contributed by atoms with van der Waals surface area (Å²) in [7, 11) is 3.02. The highest BCUT2D eigenvalue weighted by molar-refractivity contribution is 6.36. The van der Waals surface area contributed by atoms with Crippen LogP contribution in [0.25, 0.3) is 5.70 Å². The van der Waals surface area contributed by atoms with Crippen molar-refractivity contribution in [1.29, 1.82) is 0 Å². The lowest BCUT2D eigenvalue weighted by Crippen LogP contribution is -2.62. The highest BCUT2D eigenvalue weighted by atomic mass is 35.5. The Kier molecular flexibility index (Phi) is 4.27. The van der Waals surface area contributed by atoms with E-state index in [1.807, 2.05) is 0 Å². The van der Waals surface area contributed by atoms with Crippen molar-refractivity contribution < 1.29 is 14.7 Å². The van der Waals surface area contributed by atoms with Crippen LogP contribution in [0, 0.1) is 0 Å². The first kappa shape index (κ1) is 19.5. The monoisotopic (exact) mass is 455 g/mol. The fourth-order valence-corrected chi connectivity index (χ4v) is 4.39. The largest absolute Gasteiger partial charge is 0.872 e. The number of hydrogen-bond acceptors (Lipinski definition) is 5. The molecular formula is C21H15Cl2N5O3. The normalized spacial score (nSPS) is 20.0. The van der Waals surface area contributed by atoms with Crippen LogP contribution in [-0.4, -0.2) is 58.6 Å². The Morgan fingerprint density at radius 2 is 1.71 bits per heavy atom. The molecule has 156 valence electrons. The standard InChI is InChI=1S/C21H15Cl2N5O3/c1-25-18-17(19(30)26(2)21(25)31)27-10-16(14-8-3-11(22)9-15(14)23)28(20(27)24-18)12-4-6-13(29)7-5-12/h3-10,17H,1-2H3. The molecule has 1 unspecified atom stereocenters. The average molecular weight is 456 g/mol. The molecule has 0 saturated carbocycles. The highest BCUT2D eigenvalue weighted by Gasteiger charge is 2.58. The van der Waals surface area contributed by atoms with Gasteiger partial charge in [-0.05, 0) is 30.3 Å². The summed E-state index contributed by atoms with van der Waals surface area (Å²) in [6.45, 7) is 0. The topological polar surface area (TPSA) is 84.3 Å². The van der Waals surface area contributed by atoms with Crippen LogP contribution in [0.15, 0.2) is 48.7 Å². The molecule has 5 rings (SSSR count). The van der Waals surface area contributed by atoms with E-state index in [2.05, 4.69) is 4.67 Å². The Bertz CT molecular complexity index is 1250. The van der Waals surface area contributed by atoms with Crippen LogP contribution in [0.5, 0.6) is 5.75 Å². The van der Waals surface area contributed by atoms with Crippen molar-refractivity contribution in [3.63, 3.8) is 0 Å². The van der Waals surface area contributed by atoms with Crippen LogP contribution in [-0.2, 0) is 4.79 Å². The Hall–Kier alpha value is -3.45. The van der Waals surface area contributed by atoms with Crippen LogP contribution in [0.3, 0.4) is 0 Å². The second-order valence-electron chi connectivity index (χ2n) is 7.29. The molecule has 0 N–H and O–H groups in total. The van der Waals surface area contributed by atoms with E-state index >= 15 is 0 Å². The summed E-state index contributed by atoms with van der Waals surface area (Å²) in [5, 5.41) is 12.6. The number of benzene rings is 2. The SMILES string of the molecule is CN1C(=O)C2C(=[N+]=C3N(c4ccc([O-])cc4)C(c4ccc(Cl)cc4Cl)=CN32)N(C)C1=O. The van der Waals surface area contributed by atoms with Gasteiger partial charge in [0.25, 0.3) is 5.91 Å². The number of likely N-dealkylation sites (N-methyl/N-ethyl adjacent to an activating group) is 2. The van der Waals surface area contributed by atoms with Gasteiger partial charge in [0, 0.05) is 17.6 Å². The number of fused-ring (bicyclic) bond motifs is 3. The van der Waals surface area contributed by atoms with E-state index in [-0.39, 0.29) is 11.7 Å². The fourth-order valence-electron chi connectivity index (χ4n) is 3.88. The first-order valence-electron chi connectivity index (χ1n) is 9.31. The van der Waals surface area contributed by atoms with E-state index in [9.17, 15) is 14.7 Å². The summed E-state index contributed by atoms with van der Waals surface area (Å²) < 4.78 is 4.63. The van der Waals surface area contributed by atoms with Crippen molar-refractivity contribution >= 4 is 58.3 Å². The van der Waals surface area contributed by atoms with Crippen LogP contribution >= 0.6 is 23.2 Å². The number of imide groups is 1.